The molecule has 0 bridgehead atoms. The molecule has 0 heterocycles. The molecule has 0 fully saturated rings. The van der Waals surface area contributed by atoms with Gasteiger partial charge in [0.2, 0.25) is 0 Å². The van der Waals surface area contributed by atoms with Gasteiger partial charge in [-0.05, 0) is 19.8 Å². The topological polar surface area (TPSA) is 46.2 Å². The van der Waals surface area contributed by atoms with Crippen LogP contribution in [0.25, 0.3) is 0 Å². The van der Waals surface area contributed by atoms with E-state index in [4.69, 9.17) is 10.8 Å². The van der Waals surface area contributed by atoms with Crippen LogP contribution in [0, 0.1) is 0 Å². The zero-order chi connectivity index (χ0) is 8.41. The lowest BCUT2D eigenvalue weighted by atomic mass is 10.1. The molecular formula is C8H21NO. The molecule has 10 heavy (non-hydrogen) atoms. The average molecular weight is 147 g/mol. The zero-order valence-corrected chi connectivity index (χ0v) is 7.43. The van der Waals surface area contributed by atoms with Crippen molar-refractivity contribution in [1.82, 2.24) is 0 Å². The average Bonchev–Trinajstić information content (AvgIpc) is 1.90. The van der Waals surface area contributed by atoms with Gasteiger partial charge in [-0.2, -0.15) is 0 Å². The minimum Gasteiger partial charge on any atom is -0.397 e. The Hall–Kier alpha value is -0.0800. The first-order valence-electron chi connectivity index (χ1n) is 4.09. The summed E-state index contributed by atoms with van der Waals surface area (Å²) >= 11 is 0. The Labute approximate surface area is 64.4 Å². The minimum absolute atomic E-state index is 0.250. The molecule has 0 aromatic carbocycles. The zero-order valence-electron chi connectivity index (χ0n) is 7.43. The van der Waals surface area contributed by atoms with Crippen LogP contribution >= 0.6 is 0 Å². The predicted molar refractivity (Wildman–Crippen MR) is 45.9 cm³/mol. The number of aliphatic hydroxyl groups excluding tert-OH is 1. The Morgan fingerprint density at radius 2 is 1.70 bits per heavy atom. The fraction of sp³-hybridized carbons (Fsp3) is 1.00. The molecule has 1 unspecified atom stereocenters. The summed E-state index contributed by atoms with van der Waals surface area (Å²) in [5.41, 5.74) is 5.58. The molecule has 0 aliphatic rings. The van der Waals surface area contributed by atoms with Crippen LogP contribution in [0.3, 0.4) is 0 Å². The molecule has 0 saturated carbocycles. The smallest absolute Gasteiger partial charge is 0.0402 e. The van der Waals surface area contributed by atoms with Crippen molar-refractivity contribution in [2.75, 3.05) is 6.61 Å². The van der Waals surface area contributed by atoms with Gasteiger partial charge >= 0.3 is 0 Å². The number of nitrogens with two attached hydrogens (primary N) is 1. The second kappa shape index (κ2) is 11.7. The van der Waals surface area contributed by atoms with Crippen molar-refractivity contribution in [3.8, 4) is 0 Å². The molecule has 3 N–H and O–H groups in total. The van der Waals surface area contributed by atoms with Gasteiger partial charge in [0.25, 0.3) is 0 Å². The molecule has 0 spiro atoms. The van der Waals surface area contributed by atoms with Crippen molar-refractivity contribution in [3.63, 3.8) is 0 Å². The van der Waals surface area contributed by atoms with Crippen molar-refractivity contribution >= 4 is 0 Å². The molecule has 0 aromatic rings. The summed E-state index contributed by atoms with van der Waals surface area (Å²) in [6, 6.07) is 0.449. The van der Waals surface area contributed by atoms with Gasteiger partial charge in [0.05, 0.1) is 0 Å². The van der Waals surface area contributed by atoms with Crippen LogP contribution in [0.1, 0.15) is 40.0 Å². The van der Waals surface area contributed by atoms with Gasteiger partial charge in [-0.1, -0.05) is 20.3 Å². The lowest BCUT2D eigenvalue weighted by molar-refractivity contribution is 0.318. The second-order valence-corrected chi connectivity index (χ2v) is 2.27. The lowest BCUT2D eigenvalue weighted by Gasteiger charge is -2.03. The third-order valence-electron chi connectivity index (χ3n) is 1.18. The molecule has 0 saturated heterocycles. The number of hydrogen-bond donors (Lipinski definition) is 2. The molecular weight excluding hydrogens is 126 g/mol. The summed E-state index contributed by atoms with van der Waals surface area (Å²) in [6.07, 6.45) is 3.51. The van der Waals surface area contributed by atoms with Gasteiger partial charge in [-0.3, -0.25) is 0 Å². The van der Waals surface area contributed by atoms with Gasteiger partial charge in [-0.25, -0.2) is 0 Å². The van der Waals surface area contributed by atoms with Crippen molar-refractivity contribution in [2.45, 2.75) is 46.1 Å². The van der Waals surface area contributed by atoms with Crippen molar-refractivity contribution in [1.29, 1.82) is 0 Å². The number of hydrogen-bond acceptors (Lipinski definition) is 2. The summed E-state index contributed by atoms with van der Waals surface area (Å²) < 4.78 is 0. The van der Waals surface area contributed by atoms with E-state index >= 15 is 0 Å². The van der Waals surface area contributed by atoms with Crippen LogP contribution in [-0.4, -0.2) is 17.8 Å². The summed E-state index contributed by atoms with van der Waals surface area (Å²) in [5, 5.41) is 7.57. The first-order chi connectivity index (χ1) is 4.72. The summed E-state index contributed by atoms with van der Waals surface area (Å²) in [6.45, 7) is 6.22. The Morgan fingerprint density at radius 1 is 1.30 bits per heavy atom. The maximum Gasteiger partial charge on any atom is 0.0402 e. The molecule has 0 radical (unpaired) electrons. The maximum atomic E-state index is 7.57. The van der Waals surface area contributed by atoms with E-state index in [0.29, 0.717) is 6.04 Å². The molecule has 1 atom stereocenters. The van der Waals surface area contributed by atoms with Crippen LogP contribution in [0.15, 0.2) is 0 Å². The maximum absolute atomic E-state index is 7.57. The molecule has 0 aliphatic carbocycles. The van der Waals surface area contributed by atoms with E-state index in [1.807, 2.05) is 0 Å². The van der Waals surface area contributed by atoms with Crippen molar-refractivity contribution in [2.24, 2.45) is 5.73 Å². The highest BCUT2D eigenvalue weighted by atomic mass is 16.2. The van der Waals surface area contributed by atoms with Crippen LogP contribution < -0.4 is 5.73 Å². The highest BCUT2D eigenvalue weighted by molar-refractivity contribution is 4.54. The van der Waals surface area contributed by atoms with Crippen molar-refractivity contribution < 1.29 is 5.11 Å². The molecule has 2 heteroatoms. The standard InChI is InChI=1S/C6H15N.C2H6O/c1-3-5-6(7)4-2;1-2-3/h6H,3-5,7H2,1-2H3;3H,2H2,1H3. The molecule has 64 valence electrons. The van der Waals surface area contributed by atoms with Crippen LogP contribution in [0.5, 0.6) is 0 Å². The fourth-order valence-electron chi connectivity index (χ4n) is 0.575. The van der Waals surface area contributed by atoms with Gasteiger partial charge in [0.1, 0.15) is 0 Å². The largest absolute Gasteiger partial charge is 0.397 e. The van der Waals surface area contributed by atoms with E-state index in [0.717, 1.165) is 6.42 Å². The highest BCUT2D eigenvalue weighted by Crippen LogP contribution is 1.95. The van der Waals surface area contributed by atoms with Crippen LogP contribution in [-0.2, 0) is 0 Å². The highest BCUT2D eigenvalue weighted by Gasteiger charge is 1.92. The second-order valence-electron chi connectivity index (χ2n) is 2.27. The quantitative estimate of drug-likeness (QED) is 0.636. The molecule has 2 nitrogen and oxygen atoms in total. The normalized spacial score (nSPS) is 11.7. The SMILES string of the molecule is CCCC(N)CC.CCO. The van der Waals surface area contributed by atoms with E-state index in [1.165, 1.54) is 12.8 Å². The third kappa shape index (κ3) is 15.7. The van der Waals surface area contributed by atoms with Crippen LogP contribution in [0.2, 0.25) is 0 Å². The monoisotopic (exact) mass is 147 g/mol. The van der Waals surface area contributed by atoms with Crippen molar-refractivity contribution in [3.05, 3.63) is 0 Å². The first-order valence-corrected chi connectivity index (χ1v) is 4.09. The fourth-order valence-corrected chi connectivity index (χ4v) is 0.575. The Balaban J connectivity index is 0. The summed E-state index contributed by atoms with van der Waals surface area (Å²) in [4.78, 5) is 0. The predicted octanol–water partition coefficient (Wildman–Crippen LogP) is 1.52. The van der Waals surface area contributed by atoms with E-state index in [-0.39, 0.29) is 6.61 Å². The summed E-state index contributed by atoms with van der Waals surface area (Å²) in [7, 11) is 0. The number of aliphatic hydroxyl groups is 1. The molecule has 0 aliphatic heterocycles. The van der Waals surface area contributed by atoms with Gasteiger partial charge in [0, 0.05) is 12.6 Å². The first kappa shape index (κ1) is 12.6. The Morgan fingerprint density at radius 3 is 1.80 bits per heavy atom. The summed E-state index contributed by atoms with van der Waals surface area (Å²) in [5.74, 6) is 0. The van der Waals surface area contributed by atoms with E-state index in [9.17, 15) is 0 Å². The van der Waals surface area contributed by atoms with Gasteiger partial charge in [0.15, 0.2) is 0 Å². The van der Waals surface area contributed by atoms with Gasteiger partial charge in [-0.15, -0.1) is 0 Å². The minimum atomic E-state index is 0.250. The Kier molecular flexibility index (Phi) is 14.7. The van der Waals surface area contributed by atoms with E-state index in [2.05, 4.69) is 13.8 Å². The van der Waals surface area contributed by atoms with Crippen LogP contribution in [0.4, 0.5) is 0 Å². The van der Waals surface area contributed by atoms with E-state index < -0.39 is 0 Å². The molecule has 0 aromatic heterocycles. The third-order valence-corrected chi connectivity index (χ3v) is 1.18. The van der Waals surface area contributed by atoms with Gasteiger partial charge < -0.3 is 10.8 Å². The Bertz CT molecular complexity index is 48.5. The van der Waals surface area contributed by atoms with E-state index in [1.54, 1.807) is 6.92 Å². The molecule has 0 amide bonds. The lowest BCUT2D eigenvalue weighted by Crippen LogP contribution is -2.17. The number of rotatable bonds is 3. The molecule has 0 rings (SSSR count).